The maximum atomic E-state index is 12.6. The van der Waals surface area contributed by atoms with Gasteiger partial charge in [-0.05, 0) is 31.4 Å². The molecule has 1 aliphatic heterocycles. The molecule has 0 aliphatic carbocycles. The molecule has 0 spiro atoms. The molecule has 0 atom stereocenters. The van der Waals surface area contributed by atoms with Crippen molar-refractivity contribution in [2.24, 2.45) is 5.92 Å². The minimum atomic E-state index is -0.202. The smallest absolute Gasteiger partial charge is 0.263 e. The van der Waals surface area contributed by atoms with Crippen LogP contribution in [-0.2, 0) is 4.79 Å². The minimum Gasteiger partial charge on any atom is -0.356 e. The quantitative estimate of drug-likeness (QED) is 0.625. The van der Waals surface area contributed by atoms with Crippen LogP contribution in [0.3, 0.4) is 0 Å². The highest BCUT2D eigenvalue weighted by Gasteiger charge is 2.26. The van der Waals surface area contributed by atoms with Gasteiger partial charge in [-0.1, -0.05) is 31.5 Å². The molecule has 1 saturated heterocycles. The van der Waals surface area contributed by atoms with Crippen molar-refractivity contribution in [3.8, 4) is 5.69 Å². The number of anilines is 1. The number of aromatic nitrogens is 4. The summed E-state index contributed by atoms with van der Waals surface area (Å²) in [6.45, 7) is 4.21. The first-order chi connectivity index (χ1) is 14.2. The number of nitrogens with zero attached hydrogens (tertiary/aromatic N) is 4. The number of rotatable bonds is 6. The Balaban J connectivity index is 1.52. The molecule has 0 radical (unpaired) electrons. The van der Waals surface area contributed by atoms with Crippen LogP contribution in [0.5, 0.6) is 0 Å². The topological polar surface area (TPSA) is 95.9 Å². The van der Waals surface area contributed by atoms with Gasteiger partial charge >= 0.3 is 0 Å². The van der Waals surface area contributed by atoms with Gasteiger partial charge in [-0.25, -0.2) is 4.68 Å². The van der Waals surface area contributed by atoms with E-state index < -0.39 is 0 Å². The van der Waals surface area contributed by atoms with E-state index in [-0.39, 0.29) is 17.4 Å². The van der Waals surface area contributed by atoms with Crippen LogP contribution in [0.15, 0.2) is 41.3 Å². The van der Waals surface area contributed by atoms with E-state index in [0.717, 1.165) is 37.9 Å². The molecule has 152 valence electrons. The number of fused-ring (bicyclic) bond motifs is 1. The van der Waals surface area contributed by atoms with Crippen LogP contribution >= 0.6 is 0 Å². The van der Waals surface area contributed by atoms with E-state index in [2.05, 4.69) is 22.3 Å². The van der Waals surface area contributed by atoms with Gasteiger partial charge in [0, 0.05) is 25.6 Å². The first-order valence-corrected chi connectivity index (χ1v) is 10.2. The fraction of sp³-hybridized carbons (Fsp3) is 0.429. The van der Waals surface area contributed by atoms with E-state index in [1.54, 1.807) is 10.9 Å². The second-order valence-corrected chi connectivity index (χ2v) is 7.42. The van der Waals surface area contributed by atoms with Crippen molar-refractivity contribution < 1.29 is 4.79 Å². The monoisotopic (exact) mass is 394 g/mol. The Morgan fingerprint density at radius 3 is 2.72 bits per heavy atom. The Labute approximate surface area is 168 Å². The molecule has 0 unspecified atom stereocenters. The number of amides is 1. The van der Waals surface area contributed by atoms with Crippen molar-refractivity contribution in [2.75, 3.05) is 24.5 Å². The zero-order valence-electron chi connectivity index (χ0n) is 16.6. The molecule has 2 aromatic heterocycles. The van der Waals surface area contributed by atoms with Gasteiger partial charge in [0.15, 0.2) is 5.65 Å². The summed E-state index contributed by atoms with van der Waals surface area (Å²) in [7, 11) is 0. The van der Waals surface area contributed by atoms with Crippen LogP contribution < -0.4 is 15.8 Å². The number of hydrogen-bond donors (Lipinski definition) is 2. The van der Waals surface area contributed by atoms with Gasteiger partial charge in [-0.3, -0.25) is 14.6 Å². The minimum absolute atomic E-state index is 0.0217. The summed E-state index contributed by atoms with van der Waals surface area (Å²) in [5.74, 6) is 0.690. The summed E-state index contributed by atoms with van der Waals surface area (Å²) in [5.41, 5.74) is 1.19. The number of piperidine rings is 1. The number of hydrogen-bond acceptors (Lipinski definition) is 5. The number of nitrogens with one attached hydrogen (secondary N) is 2. The highest BCUT2D eigenvalue weighted by Crippen LogP contribution is 2.22. The molecule has 29 heavy (non-hydrogen) atoms. The number of H-pyrrole nitrogens is 1. The summed E-state index contributed by atoms with van der Waals surface area (Å²) >= 11 is 0. The van der Waals surface area contributed by atoms with E-state index in [9.17, 15) is 9.59 Å². The molecule has 3 aromatic rings. The second kappa shape index (κ2) is 8.46. The van der Waals surface area contributed by atoms with Gasteiger partial charge in [0.25, 0.3) is 5.56 Å². The average molecular weight is 394 g/mol. The zero-order valence-corrected chi connectivity index (χ0v) is 16.6. The third-order valence-corrected chi connectivity index (χ3v) is 5.42. The van der Waals surface area contributed by atoms with E-state index in [4.69, 9.17) is 4.98 Å². The van der Waals surface area contributed by atoms with Crippen molar-refractivity contribution in [3.05, 3.63) is 46.9 Å². The Bertz CT molecular complexity index is 1030. The molecule has 2 N–H and O–H groups in total. The van der Waals surface area contributed by atoms with Crippen molar-refractivity contribution in [3.63, 3.8) is 0 Å². The summed E-state index contributed by atoms with van der Waals surface area (Å²) in [6, 6.07) is 9.64. The van der Waals surface area contributed by atoms with Crippen LogP contribution in [0.25, 0.3) is 16.7 Å². The number of benzene rings is 1. The number of para-hydroxylation sites is 1. The molecule has 1 aromatic carbocycles. The summed E-state index contributed by atoms with van der Waals surface area (Å²) in [6.07, 6.45) is 5.12. The molecular weight excluding hydrogens is 368 g/mol. The van der Waals surface area contributed by atoms with Crippen molar-refractivity contribution in [1.82, 2.24) is 25.1 Å². The normalized spacial score (nSPS) is 15.0. The van der Waals surface area contributed by atoms with Crippen molar-refractivity contribution in [1.29, 1.82) is 0 Å². The average Bonchev–Trinajstić information content (AvgIpc) is 3.19. The Hall–Kier alpha value is -3.16. The summed E-state index contributed by atoms with van der Waals surface area (Å²) < 4.78 is 1.68. The van der Waals surface area contributed by atoms with Gasteiger partial charge in [0.2, 0.25) is 11.9 Å². The van der Waals surface area contributed by atoms with Crippen LogP contribution in [0, 0.1) is 5.92 Å². The lowest BCUT2D eigenvalue weighted by atomic mass is 9.96. The predicted octanol–water partition coefficient (Wildman–Crippen LogP) is 2.24. The van der Waals surface area contributed by atoms with Crippen molar-refractivity contribution in [2.45, 2.75) is 32.6 Å². The van der Waals surface area contributed by atoms with Crippen LogP contribution in [0.2, 0.25) is 0 Å². The van der Waals surface area contributed by atoms with Gasteiger partial charge < -0.3 is 10.2 Å². The zero-order chi connectivity index (χ0) is 20.2. The maximum Gasteiger partial charge on any atom is 0.263 e. The molecule has 8 nitrogen and oxygen atoms in total. The lowest BCUT2D eigenvalue weighted by molar-refractivity contribution is -0.125. The molecule has 3 heterocycles. The standard InChI is InChI=1S/C21H26N6O2/c1-2-3-11-22-19(28)15-9-12-26(13-10-15)21-24-18-17(20(29)25-21)14-23-27(18)16-7-5-4-6-8-16/h4-8,14-15H,2-3,9-13H2,1H3,(H,22,28)(H,24,25,29). The second-order valence-electron chi connectivity index (χ2n) is 7.42. The third kappa shape index (κ3) is 4.01. The predicted molar refractivity (Wildman–Crippen MR) is 112 cm³/mol. The number of carbonyl (C=O) groups excluding carboxylic acids is 1. The SMILES string of the molecule is CCCCNC(=O)C1CCN(c2nc3c(cnn3-c3ccccc3)c(=O)[nH]2)CC1. The molecule has 0 bridgehead atoms. The summed E-state index contributed by atoms with van der Waals surface area (Å²) in [5, 5.41) is 7.83. The largest absolute Gasteiger partial charge is 0.356 e. The van der Waals surface area contributed by atoms with Gasteiger partial charge in [-0.15, -0.1) is 0 Å². The lowest BCUT2D eigenvalue weighted by Crippen LogP contribution is -2.41. The first kappa shape index (κ1) is 19.2. The number of unbranched alkanes of at least 4 members (excludes halogenated alkanes) is 1. The third-order valence-electron chi connectivity index (χ3n) is 5.42. The molecule has 1 fully saturated rings. The van der Waals surface area contributed by atoms with Crippen LogP contribution in [0.1, 0.15) is 32.6 Å². The molecule has 8 heteroatoms. The van der Waals surface area contributed by atoms with Gasteiger partial charge in [0.1, 0.15) is 5.39 Å². The Kier molecular flexibility index (Phi) is 5.59. The summed E-state index contributed by atoms with van der Waals surface area (Å²) in [4.78, 5) is 34.5. The first-order valence-electron chi connectivity index (χ1n) is 10.2. The van der Waals surface area contributed by atoms with Crippen molar-refractivity contribution >= 4 is 22.9 Å². The van der Waals surface area contributed by atoms with E-state index in [1.807, 2.05) is 35.2 Å². The highest BCUT2D eigenvalue weighted by molar-refractivity contribution is 5.79. The van der Waals surface area contributed by atoms with E-state index >= 15 is 0 Å². The fourth-order valence-electron chi connectivity index (χ4n) is 3.70. The maximum absolute atomic E-state index is 12.6. The van der Waals surface area contributed by atoms with Crippen LogP contribution in [-0.4, -0.2) is 45.3 Å². The van der Waals surface area contributed by atoms with Gasteiger partial charge in [-0.2, -0.15) is 10.1 Å². The Morgan fingerprint density at radius 2 is 2.00 bits per heavy atom. The molecule has 4 rings (SSSR count). The molecule has 1 amide bonds. The molecule has 1 aliphatic rings. The van der Waals surface area contributed by atoms with E-state index in [1.165, 1.54) is 0 Å². The number of carbonyl (C=O) groups is 1. The number of aromatic amines is 1. The molecule has 0 saturated carbocycles. The van der Waals surface area contributed by atoms with Gasteiger partial charge in [0.05, 0.1) is 11.9 Å². The fourth-order valence-corrected chi connectivity index (χ4v) is 3.70. The van der Waals surface area contributed by atoms with Crippen LogP contribution in [0.4, 0.5) is 5.95 Å². The van der Waals surface area contributed by atoms with E-state index in [0.29, 0.717) is 30.1 Å². The molecular formula is C21H26N6O2. The Morgan fingerprint density at radius 1 is 1.24 bits per heavy atom. The highest BCUT2D eigenvalue weighted by atomic mass is 16.2. The lowest BCUT2D eigenvalue weighted by Gasteiger charge is -2.31.